The van der Waals surface area contributed by atoms with Gasteiger partial charge in [0, 0.05) is 50.9 Å². The van der Waals surface area contributed by atoms with Crippen molar-refractivity contribution in [2.45, 2.75) is 25.9 Å². The minimum absolute atomic E-state index is 0.0292. The molecule has 0 atom stereocenters. The first kappa shape index (κ1) is 23.3. The average Bonchev–Trinajstić information content (AvgIpc) is 3.12. The van der Waals surface area contributed by atoms with E-state index in [1.165, 1.54) is 4.31 Å². The number of fused-ring (bicyclic) bond motifs is 1. The lowest BCUT2D eigenvalue weighted by atomic mass is 10.0. The highest BCUT2D eigenvalue weighted by molar-refractivity contribution is 7.89. The van der Waals surface area contributed by atoms with E-state index in [4.69, 9.17) is 9.47 Å². The van der Waals surface area contributed by atoms with Gasteiger partial charge < -0.3 is 19.7 Å². The Morgan fingerprint density at radius 1 is 1.15 bits per heavy atom. The lowest BCUT2D eigenvalue weighted by Crippen LogP contribution is -2.50. The number of aromatic nitrogens is 1. The Hall–Kier alpha value is -2.85. The number of amides is 1. The fourth-order valence-corrected chi connectivity index (χ4v) is 5.42. The normalized spacial score (nSPS) is 17.8. The molecule has 2 aliphatic rings. The molecule has 0 radical (unpaired) electrons. The van der Waals surface area contributed by atoms with Crippen molar-refractivity contribution in [2.75, 3.05) is 50.0 Å². The lowest BCUT2D eigenvalue weighted by Gasteiger charge is -2.34. The summed E-state index contributed by atoms with van der Waals surface area (Å²) >= 11 is 0. The number of rotatable bonds is 8. The predicted octanol–water partition coefficient (Wildman–Crippen LogP) is 1.44. The SMILES string of the molecule is CC1(C)Cc2cccc(OCC(=O)NCCS(=O)(=O)N3CCN(c4ccccn4)CC3)c2O1. The first-order valence-electron chi connectivity index (χ1n) is 11.1. The van der Waals surface area contributed by atoms with Gasteiger partial charge in [0.2, 0.25) is 10.0 Å². The maximum atomic E-state index is 12.7. The molecule has 9 nitrogen and oxygen atoms in total. The molecule has 0 bridgehead atoms. The fraction of sp³-hybridized carbons (Fsp3) is 0.478. The number of nitrogens with one attached hydrogen (secondary N) is 1. The number of hydrogen-bond donors (Lipinski definition) is 1. The largest absolute Gasteiger partial charge is 0.483 e. The van der Waals surface area contributed by atoms with Crippen LogP contribution in [0, 0.1) is 0 Å². The van der Waals surface area contributed by atoms with Crippen molar-refractivity contribution in [1.29, 1.82) is 0 Å². The van der Waals surface area contributed by atoms with Crippen LogP contribution in [-0.4, -0.2) is 74.3 Å². The van der Waals surface area contributed by atoms with E-state index in [2.05, 4.69) is 15.2 Å². The molecule has 0 saturated carbocycles. The van der Waals surface area contributed by atoms with Crippen LogP contribution >= 0.6 is 0 Å². The number of piperazine rings is 1. The summed E-state index contributed by atoms with van der Waals surface area (Å²) in [6.45, 7) is 5.78. The van der Waals surface area contributed by atoms with Crippen LogP contribution < -0.4 is 19.7 Å². The Balaban J connectivity index is 1.21. The number of para-hydroxylation sites is 1. The number of carbonyl (C=O) groups excluding carboxylic acids is 1. The zero-order chi connectivity index (χ0) is 23.5. The molecule has 4 rings (SSSR count). The molecular formula is C23H30N4O5S. The molecule has 1 fully saturated rings. The van der Waals surface area contributed by atoms with E-state index in [-0.39, 0.29) is 30.4 Å². The van der Waals surface area contributed by atoms with Gasteiger partial charge in [-0.25, -0.2) is 13.4 Å². The van der Waals surface area contributed by atoms with Crippen LogP contribution in [0.5, 0.6) is 11.5 Å². The standard InChI is InChI=1S/C23H30N4O5S/c1-23(2)16-18-6-5-7-19(22(18)32-23)31-17-21(28)25-10-15-33(29,30)27-13-11-26(12-14-27)20-8-3-4-9-24-20/h3-9H,10-17H2,1-2H3,(H,25,28). The van der Waals surface area contributed by atoms with Crippen molar-refractivity contribution in [3.05, 3.63) is 48.2 Å². The number of sulfonamides is 1. The van der Waals surface area contributed by atoms with E-state index >= 15 is 0 Å². The minimum Gasteiger partial charge on any atom is -0.483 e. The predicted molar refractivity (Wildman–Crippen MR) is 125 cm³/mol. The molecule has 1 amide bonds. The topological polar surface area (TPSA) is 101 Å². The summed E-state index contributed by atoms with van der Waals surface area (Å²) in [5.74, 6) is 1.51. The summed E-state index contributed by atoms with van der Waals surface area (Å²) in [6.07, 6.45) is 2.50. The number of pyridine rings is 1. The van der Waals surface area contributed by atoms with E-state index in [1.807, 2.05) is 44.2 Å². The summed E-state index contributed by atoms with van der Waals surface area (Å²) in [5.41, 5.74) is 0.744. The van der Waals surface area contributed by atoms with Gasteiger partial charge in [-0.15, -0.1) is 0 Å². The van der Waals surface area contributed by atoms with E-state index in [0.29, 0.717) is 37.7 Å². The van der Waals surface area contributed by atoms with E-state index in [9.17, 15) is 13.2 Å². The Morgan fingerprint density at radius 2 is 1.94 bits per heavy atom. The molecule has 3 heterocycles. The third kappa shape index (κ3) is 5.75. The zero-order valence-electron chi connectivity index (χ0n) is 19.0. The van der Waals surface area contributed by atoms with Crippen molar-refractivity contribution in [1.82, 2.24) is 14.6 Å². The molecule has 1 N–H and O–H groups in total. The van der Waals surface area contributed by atoms with Gasteiger partial charge in [-0.1, -0.05) is 18.2 Å². The van der Waals surface area contributed by atoms with Crippen molar-refractivity contribution in [3.63, 3.8) is 0 Å². The second kappa shape index (κ2) is 9.56. The quantitative estimate of drug-likeness (QED) is 0.618. The summed E-state index contributed by atoms with van der Waals surface area (Å²) in [6, 6.07) is 11.3. The highest BCUT2D eigenvalue weighted by Crippen LogP contribution is 2.41. The Kier molecular flexibility index (Phi) is 6.76. The summed E-state index contributed by atoms with van der Waals surface area (Å²) < 4.78 is 38.4. The van der Waals surface area contributed by atoms with Gasteiger partial charge in [0.15, 0.2) is 18.1 Å². The highest BCUT2D eigenvalue weighted by Gasteiger charge is 2.32. The van der Waals surface area contributed by atoms with Gasteiger partial charge in [0.05, 0.1) is 5.75 Å². The number of carbonyl (C=O) groups is 1. The van der Waals surface area contributed by atoms with Gasteiger partial charge >= 0.3 is 0 Å². The van der Waals surface area contributed by atoms with Crippen molar-refractivity contribution in [2.24, 2.45) is 0 Å². The van der Waals surface area contributed by atoms with Crippen LogP contribution in [0.2, 0.25) is 0 Å². The molecular weight excluding hydrogens is 444 g/mol. The van der Waals surface area contributed by atoms with Crippen LogP contribution in [0.4, 0.5) is 5.82 Å². The van der Waals surface area contributed by atoms with Crippen LogP contribution in [0.3, 0.4) is 0 Å². The molecule has 1 aromatic heterocycles. The second-order valence-electron chi connectivity index (χ2n) is 8.81. The molecule has 0 unspecified atom stereocenters. The molecule has 2 aliphatic heterocycles. The molecule has 10 heteroatoms. The van der Waals surface area contributed by atoms with Crippen LogP contribution in [0.25, 0.3) is 0 Å². The van der Waals surface area contributed by atoms with Gasteiger partial charge in [-0.3, -0.25) is 4.79 Å². The van der Waals surface area contributed by atoms with Crippen molar-refractivity contribution in [3.8, 4) is 11.5 Å². The first-order chi connectivity index (χ1) is 15.7. The molecule has 178 valence electrons. The van der Waals surface area contributed by atoms with Gasteiger partial charge in [-0.05, 0) is 32.0 Å². The molecule has 33 heavy (non-hydrogen) atoms. The lowest BCUT2D eigenvalue weighted by molar-refractivity contribution is -0.122. The van der Waals surface area contributed by atoms with Gasteiger partial charge in [-0.2, -0.15) is 4.31 Å². The molecule has 2 aromatic rings. The maximum Gasteiger partial charge on any atom is 0.257 e. The smallest absolute Gasteiger partial charge is 0.257 e. The van der Waals surface area contributed by atoms with E-state index in [0.717, 1.165) is 17.8 Å². The number of hydrogen-bond acceptors (Lipinski definition) is 7. The van der Waals surface area contributed by atoms with Crippen molar-refractivity contribution < 1.29 is 22.7 Å². The molecule has 0 spiro atoms. The number of ether oxygens (including phenoxy) is 2. The first-order valence-corrected chi connectivity index (χ1v) is 12.7. The van der Waals surface area contributed by atoms with Gasteiger partial charge in [0.25, 0.3) is 5.91 Å². The Morgan fingerprint density at radius 3 is 2.67 bits per heavy atom. The zero-order valence-corrected chi connectivity index (χ0v) is 19.8. The number of benzene rings is 1. The van der Waals surface area contributed by atoms with E-state index in [1.54, 1.807) is 12.3 Å². The van der Waals surface area contributed by atoms with Crippen LogP contribution in [0.1, 0.15) is 19.4 Å². The third-order valence-electron chi connectivity index (χ3n) is 5.70. The molecule has 1 aromatic carbocycles. The van der Waals surface area contributed by atoms with Crippen molar-refractivity contribution >= 4 is 21.7 Å². The minimum atomic E-state index is -3.46. The van der Waals surface area contributed by atoms with E-state index < -0.39 is 10.0 Å². The van der Waals surface area contributed by atoms with Crippen LogP contribution in [0.15, 0.2) is 42.6 Å². The Bertz CT molecular complexity index is 1080. The summed E-state index contributed by atoms with van der Waals surface area (Å²) in [7, 11) is -3.46. The molecule has 0 aliphatic carbocycles. The monoisotopic (exact) mass is 474 g/mol. The number of anilines is 1. The van der Waals surface area contributed by atoms with Crippen LogP contribution in [-0.2, 0) is 21.2 Å². The maximum absolute atomic E-state index is 12.7. The molecule has 1 saturated heterocycles. The number of nitrogens with zero attached hydrogens (tertiary/aromatic N) is 3. The highest BCUT2D eigenvalue weighted by atomic mass is 32.2. The second-order valence-corrected chi connectivity index (χ2v) is 10.9. The van der Waals surface area contributed by atoms with Gasteiger partial charge in [0.1, 0.15) is 11.4 Å². The summed E-state index contributed by atoms with van der Waals surface area (Å²) in [4.78, 5) is 18.6. The third-order valence-corrected chi connectivity index (χ3v) is 7.57. The average molecular weight is 475 g/mol. The Labute approximate surface area is 194 Å². The summed E-state index contributed by atoms with van der Waals surface area (Å²) in [5, 5.41) is 2.64. The fourth-order valence-electron chi connectivity index (χ4n) is 4.08.